The van der Waals surface area contributed by atoms with Gasteiger partial charge in [0.05, 0.1) is 36.1 Å². The van der Waals surface area contributed by atoms with E-state index in [4.69, 9.17) is 23.7 Å². The fourth-order valence-corrected chi connectivity index (χ4v) is 9.23. The number of likely N-dealkylation sites (N-methyl/N-ethyl adjacent to an activating group) is 1. The first kappa shape index (κ1) is 51.8. The predicted octanol–water partition coefficient (Wildman–Crippen LogP) is 4.74. The Labute approximate surface area is 375 Å². The number of cyclic esters (lactones) is 1. The summed E-state index contributed by atoms with van der Waals surface area (Å²) in [5.74, 6) is -2.87. The molecule has 12 atom stereocenters. The molecule has 3 unspecified atom stereocenters. The highest BCUT2D eigenvalue weighted by atomic mass is 32.2. The third kappa shape index (κ3) is 12.5. The van der Waals surface area contributed by atoms with Crippen LogP contribution in [0.5, 0.6) is 0 Å². The van der Waals surface area contributed by atoms with Crippen LogP contribution in [-0.2, 0) is 44.6 Å². The Morgan fingerprint density at radius 1 is 1.10 bits per heavy atom. The molecule has 63 heavy (non-hydrogen) atoms. The first-order valence-electron chi connectivity index (χ1n) is 21.8. The molecule has 5 rings (SSSR count). The molecule has 20 heteroatoms. The standard InChI is InChI=1S/C42H66N8O10.CH3FS/c1-12-34-42(8)37(49(40(55)60-42)19-14-13-18-48-24-31(45-46-48)30-16-15-17-43-44-30)28(5)50(29(6)51)23-25(2)22-41(7,56-11)35(21-33(52)27(4)38(54)58-34)59-39-36(53)32(47(9)10)20-26(3)57-39;1-3-2/h15-17,24-28,32,34-37,39,53H,12-14,18-23H2,1-11H3;1H3/t25-,26?,27-,28-,32?,34-,35-,36?,37-,39+,41-,42-;/m1./s1. The number of Topliss-reactive ketones (excluding diaryl/α,β-unsaturated/α-hetero) is 1. The maximum Gasteiger partial charge on any atom is 0.410 e. The molecule has 0 aromatic carbocycles. The normalized spacial score (nSPS) is 33.4. The Balaban J connectivity index is 0.00000282. The first-order chi connectivity index (χ1) is 29.7. The average Bonchev–Trinajstić information content (AvgIpc) is 3.82. The molecule has 0 saturated carbocycles. The highest BCUT2D eigenvalue weighted by Gasteiger charge is 2.59. The smallest absolute Gasteiger partial charge is 0.410 e. The number of halogens is 1. The van der Waals surface area contributed by atoms with Gasteiger partial charge in [-0.15, -0.1) is 10.2 Å². The quantitative estimate of drug-likeness (QED) is 0.184. The van der Waals surface area contributed by atoms with Crippen molar-refractivity contribution in [3.63, 3.8) is 0 Å². The van der Waals surface area contributed by atoms with Gasteiger partial charge in [0, 0.05) is 70.7 Å². The number of fused-ring (bicyclic) bond motifs is 1. The van der Waals surface area contributed by atoms with Crippen LogP contribution in [0.4, 0.5) is 8.68 Å². The molecule has 354 valence electrons. The number of nitrogens with zero attached hydrogens (tertiary/aromatic N) is 8. The molecule has 2 aromatic rings. The molecule has 0 spiro atoms. The number of unbranched alkanes of at least 4 members (excludes halogenated alkanes) is 1. The summed E-state index contributed by atoms with van der Waals surface area (Å²) in [4.78, 5) is 61.0. The number of aromatic nitrogens is 5. The molecule has 3 aliphatic heterocycles. The van der Waals surface area contributed by atoms with Crippen molar-refractivity contribution < 1.29 is 51.9 Å². The number of aliphatic hydroxyl groups excluding tert-OH is 1. The van der Waals surface area contributed by atoms with Crippen molar-refractivity contribution >= 4 is 35.9 Å². The summed E-state index contributed by atoms with van der Waals surface area (Å²) < 4.78 is 43.2. The highest BCUT2D eigenvalue weighted by Crippen LogP contribution is 2.41. The van der Waals surface area contributed by atoms with Crippen LogP contribution in [-0.4, -0.2) is 169 Å². The summed E-state index contributed by atoms with van der Waals surface area (Å²) >= 11 is 0.250. The SMILES string of the molecule is CC[C@H]1OC(=O)[C@H](C)C(=O)C[C@@H](O[C@@H]2OC(C)CC(N(C)C)C2O)[C@](C)(OC)C[C@@H](C)CN(C(C)=O)[C@H](C)[C@H]2N(CCCCn3cc(-c4cccnn4)nn3)C(=O)O[C@]12C.CSF. The van der Waals surface area contributed by atoms with Crippen molar-refractivity contribution in [3.8, 4) is 11.4 Å². The van der Waals surface area contributed by atoms with Crippen molar-refractivity contribution in [3.05, 3.63) is 24.5 Å². The number of amides is 2. The van der Waals surface area contributed by atoms with Crippen LogP contribution in [0.15, 0.2) is 24.5 Å². The summed E-state index contributed by atoms with van der Waals surface area (Å²) in [6, 6.07) is 1.99. The number of aliphatic hydroxyl groups is 1. The number of esters is 1. The lowest BCUT2D eigenvalue weighted by Gasteiger charge is -2.46. The number of ketones is 1. The van der Waals surface area contributed by atoms with Crippen molar-refractivity contribution in [2.24, 2.45) is 11.8 Å². The maximum absolute atomic E-state index is 14.1. The van der Waals surface area contributed by atoms with Crippen molar-refractivity contribution in [2.45, 2.75) is 160 Å². The van der Waals surface area contributed by atoms with Gasteiger partial charge in [0.15, 0.2) is 11.9 Å². The minimum atomic E-state index is -1.39. The molecule has 0 aliphatic carbocycles. The first-order valence-corrected chi connectivity index (χ1v) is 22.9. The van der Waals surface area contributed by atoms with Crippen LogP contribution < -0.4 is 0 Å². The number of rotatable bonds is 11. The molecule has 18 nitrogen and oxygen atoms in total. The zero-order chi connectivity index (χ0) is 46.8. The van der Waals surface area contributed by atoms with E-state index in [1.165, 1.54) is 27.2 Å². The van der Waals surface area contributed by atoms with Crippen molar-refractivity contribution in [1.82, 2.24) is 39.9 Å². The number of hydrogen-bond acceptors (Lipinski definition) is 16. The number of ether oxygens (including phenoxy) is 5. The molecule has 1 N–H and O–H groups in total. The minimum Gasteiger partial charge on any atom is -0.458 e. The summed E-state index contributed by atoms with van der Waals surface area (Å²) in [6.45, 7) is 15.2. The van der Waals surface area contributed by atoms with E-state index < -0.39 is 71.7 Å². The molecule has 0 bridgehead atoms. The summed E-state index contributed by atoms with van der Waals surface area (Å²) in [5, 5.41) is 27.9. The van der Waals surface area contributed by atoms with E-state index in [9.17, 15) is 28.2 Å². The number of hydrogen-bond donors (Lipinski definition) is 1. The van der Waals surface area contributed by atoms with Gasteiger partial charge in [-0.2, -0.15) is 8.98 Å². The number of carbonyl (C=O) groups excluding carboxylic acids is 4. The summed E-state index contributed by atoms with van der Waals surface area (Å²) in [7, 11) is 5.29. The third-order valence-corrected chi connectivity index (χ3v) is 12.7. The van der Waals surface area contributed by atoms with Gasteiger partial charge >= 0.3 is 12.1 Å². The van der Waals surface area contributed by atoms with Crippen LogP contribution in [0.25, 0.3) is 11.4 Å². The largest absolute Gasteiger partial charge is 0.458 e. The van der Waals surface area contributed by atoms with E-state index >= 15 is 0 Å². The second kappa shape index (κ2) is 22.9. The molecular weight excluding hydrogens is 840 g/mol. The number of carbonyl (C=O) groups is 4. The number of methoxy groups -OCH3 is 1. The van der Waals surface area contributed by atoms with E-state index in [2.05, 4.69) is 20.5 Å². The topological polar surface area (TPSA) is 201 Å². The second-order valence-electron chi connectivity index (χ2n) is 17.7. The molecular formula is C43H69FN8O10S. The van der Waals surface area contributed by atoms with Crippen molar-refractivity contribution in [1.29, 1.82) is 0 Å². The second-order valence-corrected chi connectivity index (χ2v) is 18.0. The molecule has 3 aliphatic rings. The van der Waals surface area contributed by atoms with Crippen LogP contribution in [0.2, 0.25) is 0 Å². The summed E-state index contributed by atoms with van der Waals surface area (Å²) in [5.41, 5.74) is -1.32. The van der Waals surface area contributed by atoms with Crippen LogP contribution in [0.1, 0.15) is 93.9 Å². The number of aryl methyl sites for hydroxylation is 1. The van der Waals surface area contributed by atoms with Crippen LogP contribution in [0, 0.1) is 11.8 Å². The van der Waals surface area contributed by atoms with E-state index in [0.717, 1.165) is 0 Å². The molecule has 2 amide bonds. The van der Waals surface area contributed by atoms with Crippen LogP contribution >= 0.6 is 12.1 Å². The third-order valence-electron chi connectivity index (χ3n) is 12.7. The lowest BCUT2D eigenvalue weighted by atomic mass is 9.82. The predicted molar refractivity (Wildman–Crippen MR) is 233 cm³/mol. The Kier molecular flexibility index (Phi) is 18.8. The Hall–Kier alpha value is -3.82. The summed E-state index contributed by atoms with van der Waals surface area (Å²) in [6.07, 6.45) is 2.03. The highest BCUT2D eigenvalue weighted by molar-refractivity contribution is 7.93. The van der Waals surface area contributed by atoms with Gasteiger partial charge in [-0.3, -0.25) is 24.0 Å². The van der Waals surface area contributed by atoms with Gasteiger partial charge in [0.2, 0.25) is 5.91 Å². The van der Waals surface area contributed by atoms with Gasteiger partial charge in [0.1, 0.15) is 35.3 Å². The van der Waals surface area contributed by atoms with Gasteiger partial charge in [-0.1, -0.05) is 19.1 Å². The maximum atomic E-state index is 14.1. The zero-order valence-electron chi connectivity index (χ0n) is 38.9. The Bertz CT molecular complexity index is 1820. The van der Waals surface area contributed by atoms with E-state index in [1.807, 2.05) is 53.6 Å². The van der Waals surface area contributed by atoms with E-state index in [0.29, 0.717) is 50.2 Å². The molecule has 3 fully saturated rings. The zero-order valence-corrected chi connectivity index (χ0v) is 39.7. The van der Waals surface area contributed by atoms with Gasteiger partial charge in [0.25, 0.3) is 0 Å². The lowest BCUT2D eigenvalue weighted by molar-refractivity contribution is -0.289. The van der Waals surface area contributed by atoms with Gasteiger partial charge in [-0.25, -0.2) is 4.79 Å². The molecule has 5 heterocycles. The van der Waals surface area contributed by atoms with Gasteiger partial charge in [-0.05, 0) is 98.9 Å². The fraction of sp³-hybridized carbons (Fsp3) is 0.767. The monoisotopic (exact) mass is 908 g/mol. The Morgan fingerprint density at radius 3 is 2.38 bits per heavy atom. The van der Waals surface area contributed by atoms with E-state index in [1.54, 1.807) is 45.9 Å². The van der Waals surface area contributed by atoms with Crippen molar-refractivity contribution in [2.75, 3.05) is 40.6 Å². The minimum absolute atomic E-state index is 0.214. The van der Waals surface area contributed by atoms with Crippen LogP contribution in [0.3, 0.4) is 0 Å². The molecule has 2 aromatic heterocycles. The Morgan fingerprint density at radius 2 is 1.78 bits per heavy atom. The van der Waals surface area contributed by atoms with Gasteiger partial charge < -0.3 is 38.6 Å². The fourth-order valence-electron chi connectivity index (χ4n) is 9.23. The molecule has 0 radical (unpaired) electrons. The molecule has 3 saturated heterocycles. The lowest BCUT2D eigenvalue weighted by Crippen LogP contribution is -2.62. The van der Waals surface area contributed by atoms with E-state index in [-0.39, 0.29) is 55.5 Å². The average molecular weight is 909 g/mol.